The van der Waals surface area contributed by atoms with Crippen LogP contribution in [0.2, 0.25) is 0 Å². The van der Waals surface area contributed by atoms with E-state index in [9.17, 15) is 14.4 Å². The van der Waals surface area contributed by atoms with Gasteiger partial charge in [-0.05, 0) is 40.3 Å². The molecule has 3 rings (SSSR count). The summed E-state index contributed by atoms with van der Waals surface area (Å²) in [4.78, 5) is 18.8. The highest BCUT2D eigenvalue weighted by atomic mass is 31.2. The van der Waals surface area contributed by atoms with Crippen molar-refractivity contribution in [1.82, 2.24) is 0 Å². The SMILES string of the molecule is Cc1ccc(-c2c(OP(=O)(O)O)ccc3ccccc23)c(C(C)(C)C)c1. The summed E-state index contributed by atoms with van der Waals surface area (Å²) in [6.45, 7) is 8.41. The van der Waals surface area contributed by atoms with Gasteiger partial charge in [0.1, 0.15) is 5.75 Å². The van der Waals surface area contributed by atoms with Gasteiger partial charge < -0.3 is 4.52 Å². The molecule has 136 valence electrons. The van der Waals surface area contributed by atoms with Crippen LogP contribution in [0.4, 0.5) is 0 Å². The first kappa shape index (κ1) is 18.7. The van der Waals surface area contributed by atoms with Gasteiger partial charge in [0.25, 0.3) is 0 Å². The maximum Gasteiger partial charge on any atom is 0.524 e. The summed E-state index contributed by atoms with van der Waals surface area (Å²) in [7, 11) is -4.68. The molecule has 0 radical (unpaired) electrons. The van der Waals surface area contributed by atoms with Crippen molar-refractivity contribution in [2.24, 2.45) is 0 Å². The largest absolute Gasteiger partial charge is 0.524 e. The van der Waals surface area contributed by atoms with Gasteiger partial charge >= 0.3 is 7.82 Å². The van der Waals surface area contributed by atoms with Gasteiger partial charge in [-0.3, -0.25) is 9.79 Å². The first-order chi connectivity index (χ1) is 12.1. The van der Waals surface area contributed by atoms with Crippen molar-refractivity contribution >= 4 is 18.6 Å². The molecule has 4 nitrogen and oxygen atoms in total. The molecule has 5 heteroatoms. The summed E-state index contributed by atoms with van der Waals surface area (Å²) >= 11 is 0. The minimum atomic E-state index is -4.68. The van der Waals surface area contributed by atoms with Gasteiger partial charge in [-0.25, -0.2) is 4.57 Å². The number of benzene rings is 3. The Morgan fingerprint density at radius 3 is 2.31 bits per heavy atom. The number of aryl methyl sites for hydroxylation is 1. The van der Waals surface area contributed by atoms with Crippen LogP contribution in [0.25, 0.3) is 21.9 Å². The van der Waals surface area contributed by atoms with Crippen LogP contribution < -0.4 is 4.52 Å². The number of rotatable bonds is 3. The Labute approximate surface area is 153 Å². The average molecular weight is 370 g/mol. The van der Waals surface area contributed by atoms with Crippen molar-refractivity contribution < 1.29 is 18.9 Å². The second-order valence-corrected chi connectivity index (χ2v) is 8.70. The third kappa shape index (κ3) is 3.83. The Bertz CT molecular complexity index is 1010. The molecule has 0 spiro atoms. The van der Waals surface area contributed by atoms with Gasteiger partial charge in [-0.15, -0.1) is 0 Å². The highest BCUT2D eigenvalue weighted by Crippen LogP contribution is 2.47. The zero-order chi connectivity index (χ0) is 19.1. The molecule has 0 bridgehead atoms. The number of hydrogen-bond donors (Lipinski definition) is 2. The predicted molar refractivity (Wildman–Crippen MR) is 105 cm³/mol. The first-order valence-electron chi connectivity index (χ1n) is 8.45. The van der Waals surface area contributed by atoms with E-state index in [-0.39, 0.29) is 11.2 Å². The van der Waals surface area contributed by atoms with Gasteiger partial charge in [0.05, 0.1) is 0 Å². The second-order valence-electron chi connectivity index (χ2n) is 7.54. The smallest absolute Gasteiger partial charge is 0.404 e. The molecule has 0 atom stereocenters. The topological polar surface area (TPSA) is 66.8 Å². The third-order valence-electron chi connectivity index (χ3n) is 4.36. The van der Waals surface area contributed by atoms with Crippen molar-refractivity contribution in [3.05, 3.63) is 65.7 Å². The van der Waals surface area contributed by atoms with E-state index < -0.39 is 7.82 Å². The molecule has 0 saturated heterocycles. The minimum absolute atomic E-state index is 0.141. The molecule has 3 aromatic carbocycles. The lowest BCUT2D eigenvalue weighted by Crippen LogP contribution is -2.13. The van der Waals surface area contributed by atoms with Crippen LogP contribution in [0.1, 0.15) is 31.9 Å². The normalized spacial score (nSPS) is 12.4. The maximum absolute atomic E-state index is 11.5. The summed E-state index contributed by atoms with van der Waals surface area (Å²) in [5.74, 6) is 0.186. The molecule has 0 aliphatic heterocycles. The van der Waals surface area contributed by atoms with Crippen LogP contribution in [0.3, 0.4) is 0 Å². The fourth-order valence-electron chi connectivity index (χ4n) is 3.23. The van der Waals surface area contributed by atoms with Crippen molar-refractivity contribution in [1.29, 1.82) is 0 Å². The standard InChI is InChI=1S/C21H23O4P/c1-14-9-11-17(18(13-14)21(2,3)4)20-16-8-6-5-7-15(16)10-12-19(20)25-26(22,23)24/h5-13H,1-4H3,(H2,22,23,24). The fourth-order valence-corrected chi connectivity index (χ4v) is 3.64. The lowest BCUT2D eigenvalue weighted by molar-refractivity contribution is 0.283. The van der Waals surface area contributed by atoms with Crippen molar-refractivity contribution in [3.63, 3.8) is 0 Å². The Hall–Kier alpha value is -2.13. The molecular weight excluding hydrogens is 347 g/mol. The molecule has 0 aromatic heterocycles. The van der Waals surface area contributed by atoms with E-state index in [2.05, 4.69) is 26.8 Å². The lowest BCUT2D eigenvalue weighted by atomic mass is 9.80. The number of fused-ring (bicyclic) bond motifs is 1. The summed E-state index contributed by atoms with van der Waals surface area (Å²) < 4.78 is 16.6. The number of phosphoric acid groups is 1. The van der Waals surface area contributed by atoms with E-state index in [4.69, 9.17) is 4.52 Å². The zero-order valence-electron chi connectivity index (χ0n) is 15.4. The van der Waals surface area contributed by atoms with E-state index in [1.807, 2.05) is 49.4 Å². The van der Waals surface area contributed by atoms with Gasteiger partial charge in [-0.1, -0.05) is 74.9 Å². The Morgan fingerprint density at radius 2 is 1.65 bits per heavy atom. The molecule has 0 amide bonds. The minimum Gasteiger partial charge on any atom is -0.404 e. The summed E-state index contributed by atoms with van der Waals surface area (Å²) in [6.07, 6.45) is 0. The first-order valence-corrected chi connectivity index (χ1v) is 9.98. The van der Waals surface area contributed by atoms with E-state index in [0.29, 0.717) is 5.56 Å². The van der Waals surface area contributed by atoms with Gasteiger partial charge in [0.15, 0.2) is 0 Å². The molecule has 3 aromatic rings. The van der Waals surface area contributed by atoms with Crippen molar-refractivity contribution in [2.45, 2.75) is 33.1 Å². The quantitative estimate of drug-likeness (QED) is 0.590. The van der Waals surface area contributed by atoms with Crippen LogP contribution in [-0.2, 0) is 9.98 Å². The van der Waals surface area contributed by atoms with Gasteiger partial charge in [0, 0.05) is 5.56 Å². The average Bonchev–Trinajstić information content (AvgIpc) is 2.53. The Morgan fingerprint density at radius 1 is 0.962 bits per heavy atom. The van der Waals surface area contributed by atoms with E-state index >= 15 is 0 Å². The molecule has 26 heavy (non-hydrogen) atoms. The van der Waals surface area contributed by atoms with Gasteiger partial charge in [-0.2, -0.15) is 0 Å². The molecule has 0 aliphatic rings. The van der Waals surface area contributed by atoms with Crippen LogP contribution >= 0.6 is 7.82 Å². The van der Waals surface area contributed by atoms with E-state index in [0.717, 1.165) is 27.5 Å². The molecule has 0 unspecified atom stereocenters. The van der Waals surface area contributed by atoms with Crippen LogP contribution in [0, 0.1) is 6.92 Å². The number of hydrogen-bond acceptors (Lipinski definition) is 2. The highest BCUT2D eigenvalue weighted by Gasteiger charge is 2.25. The van der Waals surface area contributed by atoms with Crippen LogP contribution in [0.5, 0.6) is 5.75 Å². The van der Waals surface area contributed by atoms with E-state index in [1.165, 1.54) is 0 Å². The summed E-state index contributed by atoms with van der Waals surface area (Å²) in [6, 6.07) is 17.4. The monoisotopic (exact) mass is 370 g/mol. The zero-order valence-corrected chi connectivity index (χ0v) is 16.2. The maximum atomic E-state index is 11.5. The van der Waals surface area contributed by atoms with Crippen molar-refractivity contribution in [3.8, 4) is 16.9 Å². The summed E-state index contributed by atoms with van der Waals surface area (Å²) in [5, 5.41) is 1.88. The fraction of sp³-hybridized carbons (Fsp3) is 0.238. The second kappa shape index (κ2) is 6.55. The molecular formula is C21H23O4P. The number of phosphoric ester groups is 1. The Balaban J connectivity index is 2.40. The Kier molecular flexibility index (Phi) is 4.70. The molecule has 2 N–H and O–H groups in total. The molecule has 0 aliphatic carbocycles. The molecule has 0 heterocycles. The summed E-state index contributed by atoms with van der Waals surface area (Å²) in [5.41, 5.74) is 3.72. The van der Waals surface area contributed by atoms with E-state index in [1.54, 1.807) is 6.07 Å². The third-order valence-corrected chi connectivity index (χ3v) is 4.80. The van der Waals surface area contributed by atoms with Crippen LogP contribution in [0.15, 0.2) is 54.6 Å². The lowest BCUT2D eigenvalue weighted by Gasteiger charge is -2.25. The van der Waals surface area contributed by atoms with Gasteiger partial charge in [0.2, 0.25) is 0 Å². The highest BCUT2D eigenvalue weighted by molar-refractivity contribution is 7.46. The van der Waals surface area contributed by atoms with Crippen molar-refractivity contribution in [2.75, 3.05) is 0 Å². The molecule has 0 saturated carbocycles. The van der Waals surface area contributed by atoms with Crippen LogP contribution in [-0.4, -0.2) is 9.79 Å². The predicted octanol–water partition coefficient (Wildman–Crippen LogP) is 5.58. The molecule has 0 fully saturated rings.